The van der Waals surface area contributed by atoms with E-state index in [9.17, 15) is 0 Å². The zero-order valence-electron chi connectivity index (χ0n) is 11.8. The van der Waals surface area contributed by atoms with Crippen LogP contribution in [0.15, 0.2) is 0 Å². The van der Waals surface area contributed by atoms with Crippen LogP contribution in [0.5, 0.6) is 0 Å². The van der Waals surface area contributed by atoms with Gasteiger partial charge in [-0.2, -0.15) is 11.8 Å². The van der Waals surface area contributed by atoms with Gasteiger partial charge < -0.3 is 5.32 Å². The third-order valence-electron chi connectivity index (χ3n) is 4.12. The maximum atomic E-state index is 3.68. The van der Waals surface area contributed by atoms with Gasteiger partial charge in [-0.3, -0.25) is 4.90 Å². The maximum Gasteiger partial charge on any atom is 0.0161 e. The number of hydrogen-bond donors (Lipinski definition) is 1. The molecule has 3 atom stereocenters. The van der Waals surface area contributed by atoms with Crippen molar-refractivity contribution in [2.24, 2.45) is 5.92 Å². The van der Waals surface area contributed by atoms with Gasteiger partial charge in [-0.05, 0) is 53.0 Å². The largest absolute Gasteiger partial charge is 0.312 e. The van der Waals surface area contributed by atoms with Crippen molar-refractivity contribution in [3.05, 3.63) is 0 Å². The summed E-state index contributed by atoms with van der Waals surface area (Å²) in [5.41, 5.74) is 0.267. The molecule has 2 rings (SSSR count). The molecular weight excluding hydrogens is 228 g/mol. The molecule has 1 heterocycles. The van der Waals surface area contributed by atoms with Gasteiger partial charge in [0.15, 0.2) is 0 Å². The molecule has 1 aliphatic carbocycles. The molecule has 0 amide bonds. The quantitative estimate of drug-likeness (QED) is 0.835. The zero-order chi connectivity index (χ0) is 12.5. The van der Waals surface area contributed by atoms with E-state index in [4.69, 9.17) is 0 Å². The Hall–Kier alpha value is 0.270. The van der Waals surface area contributed by atoms with Crippen LogP contribution in [-0.2, 0) is 0 Å². The van der Waals surface area contributed by atoms with Crippen molar-refractivity contribution in [2.75, 3.05) is 24.6 Å². The van der Waals surface area contributed by atoms with Crippen molar-refractivity contribution < 1.29 is 0 Å². The van der Waals surface area contributed by atoms with Crippen molar-refractivity contribution in [1.82, 2.24) is 10.2 Å². The predicted octanol–water partition coefficient (Wildman–Crippen LogP) is 2.59. The van der Waals surface area contributed by atoms with E-state index in [1.165, 1.54) is 37.4 Å². The average molecular weight is 256 g/mol. The van der Waals surface area contributed by atoms with Gasteiger partial charge in [0.1, 0.15) is 0 Å². The maximum absolute atomic E-state index is 3.68. The molecule has 1 aliphatic heterocycles. The standard InChI is InChI=1S/C14H28N2S/c1-11-10-17-8-7-16(11)13-6-5-12(13)9-15-14(2,3)4/h11-13,15H,5-10H2,1-4H3. The van der Waals surface area contributed by atoms with Gasteiger partial charge in [0, 0.05) is 35.7 Å². The number of nitrogens with zero attached hydrogens (tertiary/aromatic N) is 1. The monoisotopic (exact) mass is 256 g/mol. The Morgan fingerprint density at radius 3 is 2.59 bits per heavy atom. The molecule has 0 radical (unpaired) electrons. The van der Waals surface area contributed by atoms with E-state index < -0.39 is 0 Å². The molecule has 0 spiro atoms. The van der Waals surface area contributed by atoms with E-state index in [1.54, 1.807) is 0 Å². The van der Waals surface area contributed by atoms with Crippen LogP contribution in [0.4, 0.5) is 0 Å². The minimum atomic E-state index is 0.267. The third-order valence-corrected chi connectivity index (χ3v) is 5.31. The summed E-state index contributed by atoms with van der Waals surface area (Å²) in [6, 6.07) is 1.65. The average Bonchev–Trinajstić information content (AvgIpc) is 2.18. The molecular formula is C14H28N2S. The fraction of sp³-hybridized carbons (Fsp3) is 1.00. The van der Waals surface area contributed by atoms with Crippen LogP contribution in [0.2, 0.25) is 0 Å². The van der Waals surface area contributed by atoms with Crippen molar-refractivity contribution >= 4 is 11.8 Å². The van der Waals surface area contributed by atoms with Crippen molar-refractivity contribution in [3.63, 3.8) is 0 Å². The molecule has 2 nitrogen and oxygen atoms in total. The highest BCUT2D eigenvalue weighted by atomic mass is 32.2. The van der Waals surface area contributed by atoms with Gasteiger partial charge in [0.2, 0.25) is 0 Å². The topological polar surface area (TPSA) is 15.3 Å². The first-order chi connectivity index (χ1) is 7.97. The van der Waals surface area contributed by atoms with Crippen LogP contribution in [0, 0.1) is 5.92 Å². The van der Waals surface area contributed by atoms with Crippen LogP contribution < -0.4 is 5.32 Å². The first kappa shape index (κ1) is 13.7. The normalized spacial score (nSPS) is 35.6. The second kappa shape index (κ2) is 5.50. The molecule has 2 fully saturated rings. The number of thioether (sulfide) groups is 1. The summed E-state index contributed by atoms with van der Waals surface area (Å²) in [7, 11) is 0. The molecule has 3 unspecified atom stereocenters. The number of rotatable bonds is 3. The third kappa shape index (κ3) is 3.62. The highest BCUT2D eigenvalue weighted by Crippen LogP contribution is 2.35. The summed E-state index contributed by atoms with van der Waals surface area (Å²) in [6.45, 7) is 11.7. The van der Waals surface area contributed by atoms with E-state index in [-0.39, 0.29) is 5.54 Å². The van der Waals surface area contributed by atoms with Crippen LogP contribution in [0.3, 0.4) is 0 Å². The van der Waals surface area contributed by atoms with Crippen molar-refractivity contribution in [1.29, 1.82) is 0 Å². The fourth-order valence-electron chi connectivity index (χ4n) is 2.90. The van der Waals surface area contributed by atoms with E-state index in [0.717, 1.165) is 18.0 Å². The first-order valence-corrected chi connectivity index (χ1v) is 8.21. The van der Waals surface area contributed by atoms with Crippen LogP contribution in [0.25, 0.3) is 0 Å². The highest BCUT2D eigenvalue weighted by molar-refractivity contribution is 7.99. The molecule has 1 saturated heterocycles. The Morgan fingerprint density at radius 1 is 1.29 bits per heavy atom. The van der Waals surface area contributed by atoms with Crippen LogP contribution in [-0.4, -0.2) is 47.1 Å². The van der Waals surface area contributed by atoms with Gasteiger partial charge in [0.05, 0.1) is 0 Å². The Balaban J connectivity index is 1.81. The van der Waals surface area contributed by atoms with Gasteiger partial charge in [0.25, 0.3) is 0 Å². The number of nitrogens with one attached hydrogen (secondary N) is 1. The van der Waals surface area contributed by atoms with Gasteiger partial charge >= 0.3 is 0 Å². The lowest BCUT2D eigenvalue weighted by Gasteiger charge is -2.49. The highest BCUT2D eigenvalue weighted by Gasteiger charge is 2.38. The summed E-state index contributed by atoms with van der Waals surface area (Å²) in [5.74, 6) is 3.55. The van der Waals surface area contributed by atoms with Crippen molar-refractivity contribution in [3.8, 4) is 0 Å². The van der Waals surface area contributed by atoms with Gasteiger partial charge in [-0.1, -0.05) is 0 Å². The zero-order valence-corrected chi connectivity index (χ0v) is 12.6. The summed E-state index contributed by atoms with van der Waals surface area (Å²) < 4.78 is 0. The van der Waals surface area contributed by atoms with E-state index in [2.05, 4.69) is 49.7 Å². The first-order valence-electron chi connectivity index (χ1n) is 7.06. The Bertz CT molecular complexity index is 249. The predicted molar refractivity (Wildman–Crippen MR) is 77.8 cm³/mol. The molecule has 100 valence electrons. The smallest absolute Gasteiger partial charge is 0.0161 e. The summed E-state index contributed by atoms with van der Waals surface area (Å²) >= 11 is 2.12. The molecule has 0 aromatic rings. The lowest BCUT2D eigenvalue weighted by Crippen LogP contribution is -2.57. The second-order valence-corrected chi connectivity index (χ2v) is 7.85. The molecule has 0 aromatic carbocycles. The molecule has 17 heavy (non-hydrogen) atoms. The fourth-order valence-corrected chi connectivity index (χ4v) is 3.94. The van der Waals surface area contributed by atoms with Gasteiger partial charge in [-0.25, -0.2) is 0 Å². The second-order valence-electron chi connectivity index (χ2n) is 6.70. The lowest BCUT2D eigenvalue weighted by molar-refractivity contribution is 0.0392. The molecule has 2 aliphatic rings. The SMILES string of the molecule is CC1CSCCN1C1CCC1CNC(C)(C)C. The van der Waals surface area contributed by atoms with E-state index >= 15 is 0 Å². The molecule has 1 saturated carbocycles. The summed E-state index contributed by atoms with van der Waals surface area (Å²) in [6.07, 6.45) is 2.84. The van der Waals surface area contributed by atoms with E-state index in [0.29, 0.717) is 0 Å². The molecule has 3 heteroatoms. The minimum absolute atomic E-state index is 0.267. The van der Waals surface area contributed by atoms with Gasteiger partial charge in [-0.15, -0.1) is 0 Å². The lowest BCUT2D eigenvalue weighted by atomic mass is 9.77. The number of hydrogen-bond acceptors (Lipinski definition) is 3. The molecule has 0 aromatic heterocycles. The molecule has 0 bridgehead atoms. The Labute approximate surface area is 111 Å². The molecule has 1 N–H and O–H groups in total. The minimum Gasteiger partial charge on any atom is -0.312 e. The summed E-state index contributed by atoms with van der Waals surface area (Å²) in [4.78, 5) is 2.77. The summed E-state index contributed by atoms with van der Waals surface area (Å²) in [5, 5.41) is 3.68. The van der Waals surface area contributed by atoms with Crippen molar-refractivity contribution in [2.45, 2.75) is 58.2 Å². The van der Waals surface area contributed by atoms with Crippen LogP contribution >= 0.6 is 11.8 Å². The van der Waals surface area contributed by atoms with E-state index in [1.807, 2.05) is 0 Å². The Kier molecular flexibility index (Phi) is 4.43. The Morgan fingerprint density at radius 2 is 2.06 bits per heavy atom. The van der Waals surface area contributed by atoms with Crippen LogP contribution in [0.1, 0.15) is 40.5 Å².